The molecule has 8 heteroatoms. The molecular weight excluding hydrogens is 296 g/mol. The highest BCUT2D eigenvalue weighted by atomic mass is 32.2. The number of rotatable bonds is 9. The van der Waals surface area contributed by atoms with E-state index < -0.39 is 10.0 Å². The average molecular weight is 316 g/mol. The van der Waals surface area contributed by atoms with Crippen LogP contribution in [0.15, 0.2) is 29.2 Å². The maximum absolute atomic E-state index is 12.0. The fourth-order valence-corrected chi connectivity index (χ4v) is 2.50. The molecule has 0 heterocycles. The average Bonchev–Trinajstić information content (AvgIpc) is 2.46. The molecule has 0 aliphatic carbocycles. The summed E-state index contributed by atoms with van der Waals surface area (Å²) in [4.78, 5) is 16.1. The van der Waals surface area contributed by atoms with Gasteiger partial charge in [0.1, 0.15) is 5.75 Å². The summed E-state index contributed by atoms with van der Waals surface area (Å²) in [6.45, 7) is 4.44. The first-order valence-electron chi connectivity index (χ1n) is 6.62. The van der Waals surface area contributed by atoms with Gasteiger partial charge in [-0.15, -0.1) is 0 Å². The number of benzene rings is 1. The van der Waals surface area contributed by atoms with Gasteiger partial charge in [0.05, 0.1) is 18.1 Å². The molecule has 0 aromatic heterocycles. The second-order valence-electron chi connectivity index (χ2n) is 4.01. The summed E-state index contributed by atoms with van der Waals surface area (Å²) in [6.07, 6.45) is -0.00371. The van der Waals surface area contributed by atoms with Gasteiger partial charge in [-0.25, -0.2) is 18.6 Å². The van der Waals surface area contributed by atoms with Crippen LogP contribution in [0.3, 0.4) is 0 Å². The Labute approximate surface area is 124 Å². The standard InChI is InChI=1S/C13H20N2O5S/c1-3-19-11-5-7-12(8-6-11)21(17,18)14-10-9-13(16)15-20-4-2/h5-8,14H,3-4,9-10H2,1-2H3,(H,15,16). The Balaban J connectivity index is 2.51. The van der Waals surface area contributed by atoms with Crippen LogP contribution in [0, 0.1) is 0 Å². The van der Waals surface area contributed by atoms with E-state index in [-0.39, 0.29) is 23.8 Å². The van der Waals surface area contributed by atoms with Crippen molar-refractivity contribution < 1.29 is 22.8 Å². The number of nitrogens with one attached hydrogen (secondary N) is 2. The molecule has 0 radical (unpaired) electrons. The van der Waals surface area contributed by atoms with E-state index in [2.05, 4.69) is 10.2 Å². The molecule has 0 aliphatic heterocycles. The van der Waals surface area contributed by atoms with E-state index in [1.807, 2.05) is 6.92 Å². The van der Waals surface area contributed by atoms with Crippen LogP contribution in [0.25, 0.3) is 0 Å². The van der Waals surface area contributed by atoms with Crippen LogP contribution in [-0.4, -0.2) is 34.1 Å². The number of hydroxylamine groups is 1. The number of amides is 1. The minimum Gasteiger partial charge on any atom is -0.494 e. The third-order valence-corrected chi connectivity index (χ3v) is 3.90. The number of sulfonamides is 1. The molecule has 0 saturated carbocycles. The fourth-order valence-electron chi connectivity index (χ4n) is 1.47. The summed E-state index contributed by atoms with van der Waals surface area (Å²) in [5.41, 5.74) is 2.19. The summed E-state index contributed by atoms with van der Waals surface area (Å²) in [5.74, 6) is 0.221. The number of ether oxygens (including phenoxy) is 1. The van der Waals surface area contributed by atoms with Gasteiger partial charge in [-0.2, -0.15) is 0 Å². The van der Waals surface area contributed by atoms with E-state index in [1.54, 1.807) is 19.1 Å². The number of carbonyl (C=O) groups excluding carboxylic acids is 1. The van der Waals surface area contributed by atoms with Crippen LogP contribution in [0.4, 0.5) is 0 Å². The lowest BCUT2D eigenvalue weighted by Crippen LogP contribution is -2.30. The molecule has 0 aliphatic rings. The summed E-state index contributed by atoms with van der Waals surface area (Å²) in [7, 11) is -3.63. The van der Waals surface area contributed by atoms with Crippen molar-refractivity contribution in [3.63, 3.8) is 0 Å². The fraction of sp³-hybridized carbons (Fsp3) is 0.462. The highest BCUT2D eigenvalue weighted by molar-refractivity contribution is 7.89. The lowest BCUT2D eigenvalue weighted by atomic mass is 10.3. The van der Waals surface area contributed by atoms with Crippen LogP contribution in [0.2, 0.25) is 0 Å². The monoisotopic (exact) mass is 316 g/mol. The van der Waals surface area contributed by atoms with Gasteiger partial charge in [-0.3, -0.25) is 9.63 Å². The quantitative estimate of drug-likeness (QED) is 0.658. The van der Waals surface area contributed by atoms with Gasteiger partial charge in [0.15, 0.2) is 0 Å². The molecule has 0 fully saturated rings. The topological polar surface area (TPSA) is 93.7 Å². The molecular formula is C13H20N2O5S. The highest BCUT2D eigenvalue weighted by Gasteiger charge is 2.14. The molecule has 1 rings (SSSR count). The van der Waals surface area contributed by atoms with E-state index in [4.69, 9.17) is 9.57 Å². The summed E-state index contributed by atoms with van der Waals surface area (Å²) < 4.78 is 31.6. The predicted octanol–water partition coefficient (Wildman–Crippen LogP) is 0.821. The molecule has 21 heavy (non-hydrogen) atoms. The number of hydrogen-bond acceptors (Lipinski definition) is 5. The van der Waals surface area contributed by atoms with Crippen LogP contribution in [0.1, 0.15) is 20.3 Å². The first kappa shape index (κ1) is 17.4. The molecule has 0 bridgehead atoms. The van der Waals surface area contributed by atoms with Crippen LogP contribution in [0.5, 0.6) is 5.75 Å². The Morgan fingerprint density at radius 1 is 1.14 bits per heavy atom. The molecule has 0 saturated heterocycles. The van der Waals surface area contributed by atoms with Crippen LogP contribution >= 0.6 is 0 Å². The first-order valence-corrected chi connectivity index (χ1v) is 8.11. The third-order valence-electron chi connectivity index (χ3n) is 2.42. The molecule has 0 unspecified atom stereocenters. The van der Waals surface area contributed by atoms with Crippen molar-refractivity contribution in [1.82, 2.24) is 10.2 Å². The highest BCUT2D eigenvalue weighted by Crippen LogP contribution is 2.15. The van der Waals surface area contributed by atoms with E-state index in [0.717, 1.165) is 0 Å². The Morgan fingerprint density at radius 3 is 2.38 bits per heavy atom. The molecule has 0 atom stereocenters. The largest absolute Gasteiger partial charge is 0.494 e. The third kappa shape index (κ3) is 6.11. The number of hydrogen-bond donors (Lipinski definition) is 2. The Kier molecular flexibility index (Phi) is 7.13. The molecule has 1 amide bonds. The van der Waals surface area contributed by atoms with Crippen molar-refractivity contribution in [2.24, 2.45) is 0 Å². The van der Waals surface area contributed by atoms with Gasteiger partial charge in [-0.1, -0.05) is 0 Å². The Hall–Kier alpha value is -1.64. The Morgan fingerprint density at radius 2 is 1.81 bits per heavy atom. The maximum Gasteiger partial charge on any atom is 0.244 e. The predicted molar refractivity (Wildman–Crippen MR) is 77.2 cm³/mol. The zero-order valence-corrected chi connectivity index (χ0v) is 12.9. The van der Waals surface area contributed by atoms with Gasteiger partial charge in [0.25, 0.3) is 0 Å². The van der Waals surface area contributed by atoms with Crippen molar-refractivity contribution in [2.75, 3.05) is 19.8 Å². The normalized spacial score (nSPS) is 11.1. The van der Waals surface area contributed by atoms with Gasteiger partial charge in [-0.05, 0) is 38.1 Å². The smallest absolute Gasteiger partial charge is 0.244 e. The van der Waals surface area contributed by atoms with Gasteiger partial charge >= 0.3 is 0 Å². The van der Waals surface area contributed by atoms with E-state index in [1.165, 1.54) is 12.1 Å². The molecule has 1 aromatic rings. The minimum absolute atomic E-state index is 0.00371. The van der Waals surface area contributed by atoms with Crippen molar-refractivity contribution in [3.8, 4) is 5.75 Å². The maximum atomic E-state index is 12.0. The van der Waals surface area contributed by atoms with E-state index in [9.17, 15) is 13.2 Å². The molecule has 118 valence electrons. The van der Waals surface area contributed by atoms with Gasteiger partial charge < -0.3 is 4.74 Å². The van der Waals surface area contributed by atoms with E-state index >= 15 is 0 Å². The summed E-state index contributed by atoms with van der Waals surface area (Å²) >= 11 is 0. The molecule has 0 spiro atoms. The van der Waals surface area contributed by atoms with Crippen LogP contribution in [-0.2, 0) is 19.7 Å². The van der Waals surface area contributed by atoms with Gasteiger partial charge in [0.2, 0.25) is 15.9 Å². The van der Waals surface area contributed by atoms with E-state index in [0.29, 0.717) is 19.0 Å². The summed E-state index contributed by atoms with van der Waals surface area (Å²) in [6, 6.07) is 6.07. The second kappa shape index (κ2) is 8.60. The van der Waals surface area contributed by atoms with Gasteiger partial charge in [0, 0.05) is 13.0 Å². The summed E-state index contributed by atoms with van der Waals surface area (Å²) in [5, 5.41) is 0. The minimum atomic E-state index is -3.63. The molecule has 1 aromatic carbocycles. The lowest BCUT2D eigenvalue weighted by molar-refractivity contribution is -0.132. The zero-order valence-electron chi connectivity index (χ0n) is 12.1. The lowest BCUT2D eigenvalue weighted by Gasteiger charge is -2.08. The first-order chi connectivity index (χ1) is 9.99. The van der Waals surface area contributed by atoms with Crippen molar-refractivity contribution in [2.45, 2.75) is 25.2 Å². The molecule has 7 nitrogen and oxygen atoms in total. The van der Waals surface area contributed by atoms with Crippen molar-refractivity contribution in [1.29, 1.82) is 0 Å². The van der Waals surface area contributed by atoms with Crippen molar-refractivity contribution >= 4 is 15.9 Å². The van der Waals surface area contributed by atoms with Crippen LogP contribution < -0.4 is 14.9 Å². The number of carbonyl (C=O) groups is 1. The zero-order chi connectivity index (χ0) is 15.7. The Bertz CT molecular complexity index is 542. The SMILES string of the molecule is CCONC(=O)CCNS(=O)(=O)c1ccc(OCC)cc1. The van der Waals surface area contributed by atoms with Crippen molar-refractivity contribution in [3.05, 3.63) is 24.3 Å². The second-order valence-corrected chi connectivity index (χ2v) is 5.78. The molecule has 2 N–H and O–H groups in total.